The van der Waals surface area contributed by atoms with Gasteiger partial charge >= 0.3 is 0 Å². The summed E-state index contributed by atoms with van der Waals surface area (Å²) in [5.41, 5.74) is 1.82. The van der Waals surface area contributed by atoms with E-state index in [1.54, 1.807) is 6.92 Å². The molecule has 1 aromatic rings. The Bertz CT molecular complexity index is 611. The highest BCUT2D eigenvalue weighted by Gasteiger charge is 2.47. The standard InChI is InChI=1S/C21H31N3O/c1-16(23-10-18-12-24(17(2)25)13-19(18)11-23)9-21(14-22(3)15-21)20-7-5-4-6-8-20/h4-8,16,18-19H,9-15H2,1-3H3. The minimum Gasteiger partial charge on any atom is -0.342 e. The summed E-state index contributed by atoms with van der Waals surface area (Å²) in [6.07, 6.45) is 1.23. The second-order valence-corrected chi connectivity index (χ2v) is 8.77. The van der Waals surface area contributed by atoms with Crippen molar-refractivity contribution < 1.29 is 4.79 Å². The maximum Gasteiger partial charge on any atom is 0.219 e. The van der Waals surface area contributed by atoms with Gasteiger partial charge in [0.25, 0.3) is 0 Å². The van der Waals surface area contributed by atoms with Gasteiger partial charge in [0.15, 0.2) is 0 Å². The highest BCUT2D eigenvalue weighted by atomic mass is 16.2. The van der Waals surface area contributed by atoms with Gasteiger partial charge in [0.05, 0.1) is 0 Å². The molecule has 0 aromatic heterocycles. The number of amides is 1. The average molecular weight is 341 g/mol. The first-order valence-corrected chi connectivity index (χ1v) is 9.70. The van der Waals surface area contributed by atoms with Crippen molar-refractivity contribution in [2.24, 2.45) is 11.8 Å². The lowest BCUT2D eigenvalue weighted by Crippen LogP contribution is -2.59. The molecule has 0 aliphatic carbocycles. The van der Waals surface area contributed by atoms with Gasteiger partial charge in [-0.05, 0) is 37.8 Å². The van der Waals surface area contributed by atoms with E-state index < -0.39 is 0 Å². The molecule has 136 valence electrons. The van der Waals surface area contributed by atoms with Crippen LogP contribution in [0, 0.1) is 11.8 Å². The first kappa shape index (κ1) is 17.0. The molecule has 0 bridgehead atoms. The van der Waals surface area contributed by atoms with Crippen molar-refractivity contribution in [2.75, 3.05) is 46.3 Å². The van der Waals surface area contributed by atoms with Gasteiger partial charge in [-0.15, -0.1) is 0 Å². The van der Waals surface area contributed by atoms with Gasteiger partial charge in [-0.3, -0.25) is 9.69 Å². The number of benzene rings is 1. The molecule has 0 saturated carbocycles. The topological polar surface area (TPSA) is 26.8 Å². The van der Waals surface area contributed by atoms with Crippen molar-refractivity contribution >= 4 is 5.91 Å². The highest BCUT2D eigenvalue weighted by molar-refractivity contribution is 5.73. The van der Waals surface area contributed by atoms with Crippen LogP contribution in [0.25, 0.3) is 0 Å². The van der Waals surface area contributed by atoms with Crippen LogP contribution in [0.1, 0.15) is 25.8 Å². The number of carbonyl (C=O) groups is 1. The van der Waals surface area contributed by atoms with E-state index in [9.17, 15) is 4.79 Å². The van der Waals surface area contributed by atoms with E-state index in [4.69, 9.17) is 0 Å². The molecule has 3 aliphatic rings. The van der Waals surface area contributed by atoms with Crippen LogP contribution in [0.3, 0.4) is 0 Å². The third-order valence-corrected chi connectivity index (χ3v) is 6.80. The Morgan fingerprint density at radius 1 is 1.12 bits per heavy atom. The summed E-state index contributed by atoms with van der Waals surface area (Å²) in [4.78, 5) is 18.8. The second-order valence-electron chi connectivity index (χ2n) is 8.77. The van der Waals surface area contributed by atoms with Gasteiger partial charge in [-0.25, -0.2) is 0 Å². The van der Waals surface area contributed by atoms with Crippen LogP contribution in [0.2, 0.25) is 0 Å². The van der Waals surface area contributed by atoms with Crippen molar-refractivity contribution in [3.8, 4) is 0 Å². The van der Waals surface area contributed by atoms with Crippen molar-refractivity contribution in [1.29, 1.82) is 0 Å². The zero-order valence-electron chi connectivity index (χ0n) is 15.8. The summed E-state index contributed by atoms with van der Waals surface area (Å²) in [6, 6.07) is 11.7. The number of rotatable bonds is 4. The zero-order chi connectivity index (χ0) is 17.6. The molecular formula is C21H31N3O. The van der Waals surface area contributed by atoms with Gasteiger partial charge in [0.2, 0.25) is 5.91 Å². The van der Waals surface area contributed by atoms with Gasteiger partial charge in [-0.1, -0.05) is 30.3 Å². The van der Waals surface area contributed by atoms with Crippen molar-refractivity contribution in [3.63, 3.8) is 0 Å². The van der Waals surface area contributed by atoms with Crippen LogP contribution in [0.15, 0.2) is 30.3 Å². The summed E-state index contributed by atoms with van der Waals surface area (Å²) < 4.78 is 0. The molecule has 3 aliphatic heterocycles. The number of nitrogens with zero attached hydrogens (tertiary/aromatic N) is 3. The largest absolute Gasteiger partial charge is 0.342 e. The fourth-order valence-corrected chi connectivity index (χ4v) is 5.55. The number of hydrogen-bond donors (Lipinski definition) is 0. The van der Waals surface area contributed by atoms with Crippen molar-refractivity contribution in [1.82, 2.24) is 14.7 Å². The Balaban J connectivity index is 1.41. The second kappa shape index (κ2) is 6.40. The van der Waals surface area contributed by atoms with Crippen LogP contribution in [-0.4, -0.2) is 73.0 Å². The van der Waals surface area contributed by atoms with Crippen molar-refractivity contribution in [2.45, 2.75) is 31.7 Å². The van der Waals surface area contributed by atoms with Crippen LogP contribution < -0.4 is 0 Å². The first-order valence-electron chi connectivity index (χ1n) is 9.70. The molecule has 3 unspecified atom stereocenters. The molecule has 4 rings (SSSR count). The minimum atomic E-state index is 0.245. The van der Waals surface area contributed by atoms with Crippen LogP contribution in [0.5, 0.6) is 0 Å². The first-order chi connectivity index (χ1) is 12.0. The number of likely N-dealkylation sites (tertiary alicyclic amines) is 3. The predicted molar refractivity (Wildman–Crippen MR) is 101 cm³/mol. The Hall–Kier alpha value is -1.39. The molecule has 25 heavy (non-hydrogen) atoms. The molecule has 3 atom stereocenters. The van der Waals surface area contributed by atoms with Gasteiger partial charge in [0.1, 0.15) is 0 Å². The van der Waals surface area contributed by atoms with Crippen LogP contribution >= 0.6 is 0 Å². The maximum absolute atomic E-state index is 11.6. The van der Waals surface area contributed by atoms with E-state index in [1.807, 2.05) is 4.90 Å². The molecular weight excluding hydrogens is 310 g/mol. The molecule has 3 fully saturated rings. The molecule has 0 spiro atoms. The van der Waals surface area contributed by atoms with E-state index in [0.29, 0.717) is 23.3 Å². The van der Waals surface area contributed by atoms with E-state index >= 15 is 0 Å². The molecule has 1 amide bonds. The summed E-state index contributed by atoms with van der Waals surface area (Å²) in [5.74, 6) is 1.61. The molecule has 0 N–H and O–H groups in total. The van der Waals surface area contributed by atoms with E-state index in [-0.39, 0.29) is 5.91 Å². The van der Waals surface area contributed by atoms with E-state index in [1.165, 1.54) is 25.1 Å². The molecule has 3 saturated heterocycles. The quantitative estimate of drug-likeness (QED) is 0.839. The normalized spacial score (nSPS) is 30.1. The molecule has 4 nitrogen and oxygen atoms in total. The molecule has 4 heteroatoms. The lowest BCUT2D eigenvalue weighted by Gasteiger charge is -2.51. The van der Waals surface area contributed by atoms with Crippen LogP contribution in [0.4, 0.5) is 0 Å². The van der Waals surface area contributed by atoms with Gasteiger partial charge < -0.3 is 9.80 Å². The maximum atomic E-state index is 11.6. The third-order valence-electron chi connectivity index (χ3n) is 6.80. The smallest absolute Gasteiger partial charge is 0.219 e. The fourth-order valence-electron chi connectivity index (χ4n) is 5.55. The molecule has 1 aromatic carbocycles. The molecule has 3 heterocycles. The monoisotopic (exact) mass is 341 g/mol. The SMILES string of the molecule is CC(=O)N1CC2CN(C(C)CC3(c4ccccc4)CN(C)C3)CC2C1. The summed E-state index contributed by atoms with van der Waals surface area (Å²) in [6.45, 7) is 10.7. The van der Waals surface area contributed by atoms with Crippen LogP contribution in [-0.2, 0) is 10.2 Å². The van der Waals surface area contributed by atoms with Gasteiger partial charge in [0, 0.05) is 57.6 Å². The van der Waals surface area contributed by atoms with E-state index in [2.05, 4.69) is 54.1 Å². The summed E-state index contributed by atoms with van der Waals surface area (Å²) in [7, 11) is 2.22. The lowest BCUT2D eigenvalue weighted by atomic mass is 9.70. The number of carbonyl (C=O) groups excluding carboxylic acids is 1. The lowest BCUT2D eigenvalue weighted by molar-refractivity contribution is -0.128. The minimum absolute atomic E-state index is 0.245. The number of hydrogen-bond acceptors (Lipinski definition) is 3. The Morgan fingerprint density at radius 2 is 1.72 bits per heavy atom. The van der Waals surface area contributed by atoms with E-state index in [0.717, 1.165) is 26.2 Å². The Labute approximate surface area is 151 Å². The number of fused-ring (bicyclic) bond motifs is 1. The summed E-state index contributed by atoms with van der Waals surface area (Å²) >= 11 is 0. The zero-order valence-corrected chi connectivity index (χ0v) is 15.8. The predicted octanol–water partition coefficient (Wildman–Crippen LogP) is 2.06. The summed E-state index contributed by atoms with van der Waals surface area (Å²) in [5, 5.41) is 0. The fraction of sp³-hybridized carbons (Fsp3) is 0.667. The third kappa shape index (κ3) is 3.11. The van der Waals surface area contributed by atoms with Crippen molar-refractivity contribution in [3.05, 3.63) is 35.9 Å². The van der Waals surface area contributed by atoms with Gasteiger partial charge in [-0.2, -0.15) is 0 Å². The Kier molecular flexibility index (Phi) is 4.37. The molecule has 0 radical (unpaired) electrons. The highest BCUT2D eigenvalue weighted by Crippen LogP contribution is 2.40. The average Bonchev–Trinajstić information content (AvgIpc) is 3.12. The Morgan fingerprint density at radius 3 is 2.24 bits per heavy atom. The number of likely N-dealkylation sites (N-methyl/N-ethyl adjacent to an activating group) is 1.